The van der Waals surface area contributed by atoms with E-state index in [1.807, 2.05) is 13.8 Å². The molecule has 0 atom stereocenters. The van der Waals surface area contributed by atoms with Crippen LogP contribution in [0.1, 0.15) is 75.5 Å². The van der Waals surface area contributed by atoms with E-state index in [2.05, 4.69) is 30.0 Å². The molecule has 0 N–H and O–H groups in total. The molecule has 0 bridgehead atoms. The minimum atomic E-state index is -0.377. The molecule has 0 aromatic heterocycles. The van der Waals surface area contributed by atoms with Crippen molar-refractivity contribution in [2.75, 3.05) is 7.11 Å². The monoisotopic (exact) mass is 298 g/mol. The zero-order valence-electron chi connectivity index (χ0n) is 14.5. The summed E-state index contributed by atoms with van der Waals surface area (Å²) in [5, 5.41) is 0. The molecule has 0 spiro atoms. The molecule has 1 aliphatic rings. The lowest BCUT2D eigenvalue weighted by molar-refractivity contribution is 0.0742. The van der Waals surface area contributed by atoms with Crippen molar-refractivity contribution in [3.05, 3.63) is 34.9 Å². The van der Waals surface area contributed by atoms with Crippen molar-refractivity contribution in [2.24, 2.45) is 0 Å². The highest BCUT2D eigenvalue weighted by Gasteiger charge is 2.11. The summed E-state index contributed by atoms with van der Waals surface area (Å²) in [5.74, 6) is 6.51. The van der Waals surface area contributed by atoms with Crippen LogP contribution < -0.4 is 0 Å². The number of benzene rings is 1. The van der Waals surface area contributed by atoms with Crippen LogP contribution in [-0.4, -0.2) is 12.7 Å². The number of hydrogen-bond donors (Lipinski definition) is 0. The first kappa shape index (κ1) is 17.1. The summed E-state index contributed by atoms with van der Waals surface area (Å²) in [5.41, 5.74) is 3.80. The number of methoxy groups -OCH3 is 1. The maximum atomic E-state index is 5.38. The van der Waals surface area contributed by atoms with Gasteiger partial charge in [0.25, 0.3) is 0 Å². The molecular weight excluding hydrogens is 268 g/mol. The third kappa shape index (κ3) is 5.50. The van der Waals surface area contributed by atoms with Crippen molar-refractivity contribution in [1.82, 2.24) is 0 Å². The van der Waals surface area contributed by atoms with Crippen LogP contribution in [0, 0.1) is 11.8 Å². The highest BCUT2D eigenvalue weighted by atomic mass is 16.5. The van der Waals surface area contributed by atoms with E-state index in [-0.39, 0.29) is 5.60 Å². The fraction of sp³-hybridized carbons (Fsp3) is 0.619. The van der Waals surface area contributed by atoms with E-state index in [1.54, 1.807) is 12.7 Å². The molecule has 22 heavy (non-hydrogen) atoms. The van der Waals surface area contributed by atoms with Gasteiger partial charge in [0.15, 0.2) is 0 Å². The molecule has 0 radical (unpaired) electrons. The zero-order valence-corrected chi connectivity index (χ0v) is 14.5. The van der Waals surface area contributed by atoms with E-state index in [9.17, 15) is 0 Å². The van der Waals surface area contributed by atoms with E-state index >= 15 is 0 Å². The van der Waals surface area contributed by atoms with Crippen LogP contribution in [0.2, 0.25) is 0 Å². The maximum absolute atomic E-state index is 5.38. The third-order valence-electron chi connectivity index (χ3n) is 4.62. The maximum Gasteiger partial charge on any atom is 0.123 e. The fourth-order valence-corrected chi connectivity index (χ4v) is 2.97. The molecule has 0 amide bonds. The van der Waals surface area contributed by atoms with Gasteiger partial charge in [-0.1, -0.05) is 50.0 Å². The largest absolute Gasteiger partial charge is 0.366 e. The van der Waals surface area contributed by atoms with E-state index in [0.717, 1.165) is 5.56 Å². The number of hydrogen-bond acceptors (Lipinski definition) is 1. The average molecular weight is 298 g/mol. The van der Waals surface area contributed by atoms with Crippen molar-refractivity contribution in [3.8, 4) is 11.8 Å². The summed E-state index contributed by atoms with van der Waals surface area (Å²) in [4.78, 5) is 0. The number of ether oxygens (including phenoxy) is 1. The Morgan fingerprint density at radius 2 is 1.45 bits per heavy atom. The molecule has 1 aromatic rings. The van der Waals surface area contributed by atoms with E-state index in [1.165, 1.54) is 63.4 Å². The van der Waals surface area contributed by atoms with Gasteiger partial charge in [-0.3, -0.25) is 0 Å². The Bertz CT molecular complexity index is 531. The van der Waals surface area contributed by atoms with Gasteiger partial charge in [0.2, 0.25) is 0 Å². The van der Waals surface area contributed by atoms with Crippen molar-refractivity contribution < 1.29 is 4.74 Å². The van der Waals surface area contributed by atoms with Crippen molar-refractivity contribution >= 4 is 0 Å². The van der Waals surface area contributed by atoms with E-state index in [0.29, 0.717) is 0 Å². The molecule has 120 valence electrons. The van der Waals surface area contributed by atoms with Crippen LogP contribution in [0.15, 0.2) is 18.2 Å². The van der Waals surface area contributed by atoms with Crippen molar-refractivity contribution in [3.63, 3.8) is 0 Å². The van der Waals surface area contributed by atoms with Gasteiger partial charge in [-0.15, -0.1) is 0 Å². The first-order chi connectivity index (χ1) is 10.6. The van der Waals surface area contributed by atoms with Crippen molar-refractivity contribution in [2.45, 2.75) is 77.2 Å². The fourth-order valence-electron chi connectivity index (χ4n) is 2.97. The standard InChI is InChI=1S/C21H30O/c1-21(2,22-3)16-15-18-13-14-19-11-9-7-5-4-6-8-10-12-20(19)17-18/h13-14,17H,4-12H2,1-3H3. The smallest absolute Gasteiger partial charge is 0.123 e. The second-order valence-corrected chi connectivity index (χ2v) is 6.92. The average Bonchev–Trinajstić information content (AvgIpc) is 2.57. The molecule has 0 fully saturated rings. The number of rotatable bonds is 1. The summed E-state index contributed by atoms with van der Waals surface area (Å²) in [6, 6.07) is 6.79. The molecule has 2 rings (SSSR count). The molecule has 1 nitrogen and oxygen atoms in total. The molecule has 0 aliphatic heterocycles. The van der Waals surface area contributed by atoms with Crippen molar-refractivity contribution in [1.29, 1.82) is 0 Å². The van der Waals surface area contributed by atoms with Gasteiger partial charge < -0.3 is 4.74 Å². The summed E-state index contributed by atoms with van der Waals surface area (Å²) in [6.45, 7) is 4.01. The van der Waals surface area contributed by atoms with E-state index < -0.39 is 0 Å². The SMILES string of the molecule is COC(C)(C)C#Cc1ccc2c(c1)CCCCCCCCC2. The Morgan fingerprint density at radius 3 is 2.09 bits per heavy atom. The first-order valence-electron chi connectivity index (χ1n) is 8.81. The van der Waals surface area contributed by atoms with Gasteiger partial charge in [-0.2, -0.15) is 0 Å². The Morgan fingerprint density at radius 1 is 0.864 bits per heavy atom. The topological polar surface area (TPSA) is 9.23 Å². The molecule has 1 heteroatoms. The summed E-state index contributed by atoms with van der Waals surface area (Å²) >= 11 is 0. The second kappa shape index (κ2) is 8.39. The molecule has 1 aromatic carbocycles. The second-order valence-electron chi connectivity index (χ2n) is 6.92. The molecular formula is C21H30O. The van der Waals surface area contributed by atoms with Crippen LogP contribution in [0.3, 0.4) is 0 Å². The van der Waals surface area contributed by atoms with Crippen LogP contribution in [0.5, 0.6) is 0 Å². The first-order valence-corrected chi connectivity index (χ1v) is 8.81. The lowest BCUT2D eigenvalue weighted by Crippen LogP contribution is -2.19. The highest BCUT2D eigenvalue weighted by molar-refractivity contribution is 5.42. The van der Waals surface area contributed by atoms with Crippen LogP contribution >= 0.6 is 0 Å². The zero-order chi connectivity index (χ0) is 15.8. The number of fused-ring (bicyclic) bond motifs is 1. The van der Waals surface area contributed by atoms with Gasteiger partial charge in [-0.25, -0.2) is 0 Å². The quantitative estimate of drug-likeness (QED) is 0.640. The highest BCUT2D eigenvalue weighted by Crippen LogP contribution is 2.20. The Balaban J connectivity index is 2.17. The van der Waals surface area contributed by atoms with Crippen LogP contribution in [0.4, 0.5) is 0 Å². The van der Waals surface area contributed by atoms with Gasteiger partial charge in [0.1, 0.15) is 5.60 Å². The van der Waals surface area contributed by atoms with Gasteiger partial charge in [0, 0.05) is 12.7 Å². The predicted molar refractivity (Wildman–Crippen MR) is 94.1 cm³/mol. The Kier molecular flexibility index (Phi) is 6.52. The molecule has 0 saturated carbocycles. The summed E-state index contributed by atoms with van der Waals surface area (Å²) in [6.07, 6.45) is 12.0. The van der Waals surface area contributed by atoms with Gasteiger partial charge >= 0.3 is 0 Å². The Labute approximate surface area is 136 Å². The van der Waals surface area contributed by atoms with Crippen LogP contribution in [0.25, 0.3) is 0 Å². The minimum absolute atomic E-state index is 0.377. The number of aryl methyl sites for hydroxylation is 2. The predicted octanol–water partition coefficient (Wildman–Crippen LogP) is 5.29. The van der Waals surface area contributed by atoms with Crippen LogP contribution in [-0.2, 0) is 17.6 Å². The normalized spacial score (nSPS) is 16.9. The molecule has 0 unspecified atom stereocenters. The molecule has 0 saturated heterocycles. The lowest BCUT2D eigenvalue weighted by atomic mass is 9.95. The van der Waals surface area contributed by atoms with Gasteiger partial charge in [0.05, 0.1) is 0 Å². The summed E-state index contributed by atoms with van der Waals surface area (Å²) < 4.78 is 5.38. The molecule has 0 heterocycles. The molecule has 1 aliphatic carbocycles. The summed E-state index contributed by atoms with van der Waals surface area (Å²) in [7, 11) is 1.71. The third-order valence-corrected chi connectivity index (χ3v) is 4.62. The minimum Gasteiger partial charge on any atom is -0.366 e. The van der Waals surface area contributed by atoms with E-state index in [4.69, 9.17) is 4.74 Å². The van der Waals surface area contributed by atoms with Gasteiger partial charge in [-0.05, 0) is 62.8 Å². The Hall–Kier alpha value is -1.26. The lowest BCUT2D eigenvalue weighted by Gasteiger charge is -2.14.